The van der Waals surface area contributed by atoms with Crippen LogP contribution in [0, 0.1) is 5.41 Å². The molecule has 20 heavy (non-hydrogen) atoms. The van der Waals surface area contributed by atoms with Gasteiger partial charge in [0.2, 0.25) is 0 Å². The summed E-state index contributed by atoms with van der Waals surface area (Å²) >= 11 is 6.48. The lowest BCUT2D eigenvalue weighted by molar-refractivity contribution is 0.152. The molecule has 2 aliphatic heterocycles. The van der Waals surface area contributed by atoms with Gasteiger partial charge in [0.25, 0.3) is 0 Å². The van der Waals surface area contributed by atoms with Gasteiger partial charge in [-0.2, -0.15) is 0 Å². The van der Waals surface area contributed by atoms with Gasteiger partial charge in [-0.25, -0.2) is 0 Å². The summed E-state index contributed by atoms with van der Waals surface area (Å²) in [5.41, 5.74) is 1.76. The first-order valence-corrected chi connectivity index (χ1v) is 8.19. The molecule has 1 aromatic rings. The average Bonchev–Trinajstić information content (AvgIpc) is 2.85. The molecule has 3 rings (SSSR count). The van der Waals surface area contributed by atoms with Crippen molar-refractivity contribution in [2.24, 2.45) is 5.41 Å². The Morgan fingerprint density at radius 3 is 2.80 bits per heavy atom. The number of rotatable bonds is 2. The van der Waals surface area contributed by atoms with Crippen LogP contribution in [0.25, 0.3) is 0 Å². The zero-order chi connectivity index (χ0) is 14.2. The summed E-state index contributed by atoms with van der Waals surface area (Å²) in [6, 6.07) is 9.06. The summed E-state index contributed by atoms with van der Waals surface area (Å²) in [6.45, 7) is 9.29. The van der Waals surface area contributed by atoms with Crippen LogP contribution in [-0.2, 0) is 0 Å². The standard InChI is InChI=1S/C17H25ClN2/c1-13(2)20-10-8-17(12-20)7-9-19-11-15(17)14-5-3-4-6-16(14)18/h3-6,13,15,19H,7-12H2,1-2H3. The number of benzene rings is 1. The number of halogens is 1. The Balaban J connectivity index is 1.91. The molecule has 110 valence electrons. The smallest absolute Gasteiger partial charge is 0.0441 e. The second-order valence-electron chi connectivity index (χ2n) is 6.70. The van der Waals surface area contributed by atoms with Crippen LogP contribution in [0.3, 0.4) is 0 Å². The highest BCUT2D eigenvalue weighted by molar-refractivity contribution is 6.31. The molecule has 0 bridgehead atoms. The number of piperidine rings is 1. The van der Waals surface area contributed by atoms with Crippen LogP contribution in [0.2, 0.25) is 5.02 Å². The normalized spacial score (nSPS) is 31.3. The van der Waals surface area contributed by atoms with Crippen molar-refractivity contribution in [3.8, 4) is 0 Å². The fraction of sp³-hybridized carbons (Fsp3) is 0.647. The third-order valence-corrected chi connectivity index (χ3v) is 5.66. The number of nitrogens with zero attached hydrogens (tertiary/aromatic N) is 1. The molecular weight excluding hydrogens is 268 g/mol. The predicted molar refractivity (Wildman–Crippen MR) is 85.4 cm³/mol. The molecule has 0 aliphatic carbocycles. The van der Waals surface area contributed by atoms with Crippen molar-refractivity contribution < 1.29 is 0 Å². The largest absolute Gasteiger partial charge is 0.316 e. The summed E-state index contributed by atoms with van der Waals surface area (Å²) in [7, 11) is 0. The summed E-state index contributed by atoms with van der Waals surface area (Å²) in [5.74, 6) is 0.550. The molecule has 1 spiro atoms. The van der Waals surface area contributed by atoms with Crippen LogP contribution in [0.4, 0.5) is 0 Å². The van der Waals surface area contributed by atoms with E-state index in [1.54, 1.807) is 0 Å². The third-order valence-electron chi connectivity index (χ3n) is 5.31. The fourth-order valence-electron chi connectivity index (χ4n) is 4.03. The quantitative estimate of drug-likeness (QED) is 0.897. The van der Waals surface area contributed by atoms with E-state index in [0.29, 0.717) is 17.4 Å². The van der Waals surface area contributed by atoms with Crippen molar-refractivity contribution in [2.45, 2.75) is 38.6 Å². The van der Waals surface area contributed by atoms with E-state index >= 15 is 0 Å². The van der Waals surface area contributed by atoms with Crippen molar-refractivity contribution in [3.05, 3.63) is 34.9 Å². The highest BCUT2D eigenvalue weighted by atomic mass is 35.5. The lowest BCUT2D eigenvalue weighted by Crippen LogP contribution is -2.46. The minimum atomic E-state index is 0.417. The summed E-state index contributed by atoms with van der Waals surface area (Å²) < 4.78 is 0. The molecule has 3 heteroatoms. The van der Waals surface area contributed by atoms with Crippen LogP contribution in [0.15, 0.2) is 24.3 Å². The molecule has 2 saturated heterocycles. The van der Waals surface area contributed by atoms with Crippen LogP contribution >= 0.6 is 11.6 Å². The van der Waals surface area contributed by atoms with Gasteiger partial charge in [0.15, 0.2) is 0 Å². The molecule has 0 aromatic heterocycles. The Hall–Kier alpha value is -0.570. The van der Waals surface area contributed by atoms with Crippen molar-refractivity contribution in [3.63, 3.8) is 0 Å². The lowest BCUT2D eigenvalue weighted by Gasteiger charge is -2.43. The molecule has 1 N–H and O–H groups in total. The maximum Gasteiger partial charge on any atom is 0.0441 e. The highest BCUT2D eigenvalue weighted by Gasteiger charge is 2.46. The second kappa shape index (κ2) is 5.67. The average molecular weight is 293 g/mol. The molecule has 2 fully saturated rings. The van der Waals surface area contributed by atoms with E-state index in [1.807, 2.05) is 12.1 Å². The molecule has 0 saturated carbocycles. The van der Waals surface area contributed by atoms with Crippen molar-refractivity contribution in [2.75, 3.05) is 26.2 Å². The third kappa shape index (κ3) is 2.49. The van der Waals surface area contributed by atoms with Gasteiger partial charge < -0.3 is 10.2 Å². The number of hydrogen-bond acceptors (Lipinski definition) is 2. The van der Waals surface area contributed by atoms with Gasteiger partial charge in [0, 0.05) is 30.1 Å². The van der Waals surface area contributed by atoms with E-state index in [1.165, 1.54) is 31.5 Å². The Morgan fingerprint density at radius 2 is 2.10 bits per heavy atom. The second-order valence-corrected chi connectivity index (χ2v) is 7.11. The predicted octanol–water partition coefficient (Wildman–Crippen LogP) is 3.52. The molecule has 2 atom stereocenters. The number of hydrogen-bond donors (Lipinski definition) is 1. The first-order chi connectivity index (χ1) is 9.62. The Kier molecular flexibility index (Phi) is 4.07. The topological polar surface area (TPSA) is 15.3 Å². The van der Waals surface area contributed by atoms with Crippen LogP contribution < -0.4 is 5.32 Å². The van der Waals surface area contributed by atoms with Crippen LogP contribution in [0.5, 0.6) is 0 Å². The van der Waals surface area contributed by atoms with E-state index in [9.17, 15) is 0 Å². The maximum absolute atomic E-state index is 6.48. The van der Waals surface area contributed by atoms with E-state index in [4.69, 9.17) is 11.6 Å². The van der Waals surface area contributed by atoms with Crippen molar-refractivity contribution in [1.29, 1.82) is 0 Å². The summed E-state index contributed by atoms with van der Waals surface area (Å²) in [5, 5.41) is 4.51. The molecule has 0 amide bonds. The molecule has 2 heterocycles. The van der Waals surface area contributed by atoms with Gasteiger partial charge in [-0.15, -0.1) is 0 Å². The van der Waals surface area contributed by atoms with Crippen LogP contribution in [-0.4, -0.2) is 37.1 Å². The molecule has 0 radical (unpaired) electrons. The highest BCUT2D eigenvalue weighted by Crippen LogP contribution is 2.49. The lowest BCUT2D eigenvalue weighted by atomic mass is 9.67. The Morgan fingerprint density at radius 1 is 1.30 bits per heavy atom. The van der Waals surface area contributed by atoms with Crippen LogP contribution in [0.1, 0.15) is 38.2 Å². The van der Waals surface area contributed by atoms with Gasteiger partial charge in [-0.3, -0.25) is 0 Å². The van der Waals surface area contributed by atoms with E-state index < -0.39 is 0 Å². The Labute approximate surface area is 127 Å². The summed E-state index contributed by atoms with van der Waals surface area (Å²) in [4.78, 5) is 2.63. The molecular formula is C17H25ClN2. The fourth-order valence-corrected chi connectivity index (χ4v) is 4.30. The van der Waals surface area contributed by atoms with Gasteiger partial charge >= 0.3 is 0 Å². The minimum Gasteiger partial charge on any atom is -0.316 e. The molecule has 2 nitrogen and oxygen atoms in total. The van der Waals surface area contributed by atoms with Gasteiger partial charge in [0.05, 0.1) is 0 Å². The monoisotopic (exact) mass is 292 g/mol. The van der Waals surface area contributed by atoms with Crippen molar-refractivity contribution >= 4 is 11.6 Å². The maximum atomic E-state index is 6.48. The molecule has 2 unspecified atom stereocenters. The van der Waals surface area contributed by atoms with Crippen molar-refractivity contribution in [1.82, 2.24) is 10.2 Å². The van der Waals surface area contributed by atoms with Gasteiger partial charge in [-0.05, 0) is 56.8 Å². The first kappa shape index (κ1) is 14.4. The molecule has 1 aromatic carbocycles. The summed E-state index contributed by atoms with van der Waals surface area (Å²) in [6.07, 6.45) is 2.58. The van der Waals surface area contributed by atoms with E-state index in [-0.39, 0.29) is 0 Å². The minimum absolute atomic E-state index is 0.417. The zero-order valence-electron chi connectivity index (χ0n) is 12.5. The van der Waals surface area contributed by atoms with E-state index in [0.717, 1.165) is 18.1 Å². The SMILES string of the molecule is CC(C)N1CCC2(CCNCC2c2ccccc2Cl)C1. The number of likely N-dealkylation sites (tertiary alicyclic amines) is 1. The Bertz CT molecular complexity index is 474. The zero-order valence-corrected chi connectivity index (χ0v) is 13.3. The molecule has 2 aliphatic rings. The first-order valence-electron chi connectivity index (χ1n) is 7.82. The van der Waals surface area contributed by atoms with Gasteiger partial charge in [-0.1, -0.05) is 29.8 Å². The van der Waals surface area contributed by atoms with E-state index in [2.05, 4.69) is 36.2 Å². The van der Waals surface area contributed by atoms with Gasteiger partial charge in [0.1, 0.15) is 0 Å². The number of nitrogens with one attached hydrogen (secondary N) is 1.